The number of piperidine rings is 1. The third kappa shape index (κ3) is 9.21. The number of hydrogen-bond donors (Lipinski definition) is 3. The van der Waals surface area contributed by atoms with Gasteiger partial charge in [0.1, 0.15) is 11.3 Å². The van der Waals surface area contributed by atoms with E-state index < -0.39 is 5.54 Å². The van der Waals surface area contributed by atoms with Gasteiger partial charge in [0.2, 0.25) is 11.8 Å². The van der Waals surface area contributed by atoms with Crippen molar-refractivity contribution < 1.29 is 34.1 Å². The first-order chi connectivity index (χ1) is 15.1. The van der Waals surface area contributed by atoms with Gasteiger partial charge in [-0.15, -0.1) is 0 Å². The summed E-state index contributed by atoms with van der Waals surface area (Å²) in [6.45, 7) is 1.27. The van der Waals surface area contributed by atoms with Crippen LogP contribution in [0.3, 0.4) is 0 Å². The van der Waals surface area contributed by atoms with E-state index in [-0.39, 0.29) is 24.8 Å². The molecule has 0 saturated carbocycles. The zero-order valence-corrected chi connectivity index (χ0v) is 19.3. The molecule has 0 unspecified atom stereocenters. The number of carboxylic acid groups (broad SMARTS) is 2. The molecule has 1 aliphatic heterocycles. The van der Waals surface area contributed by atoms with Crippen LogP contribution in [0.1, 0.15) is 12.8 Å². The quantitative estimate of drug-likeness (QED) is 0.525. The maximum atomic E-state index is 13.0. The molecule has 180 valence electrons. The highest BCUT2D eigenvalue weighted by atomic mass is 16.5. The Kier molecular flexibility index (Phi) is 13.1. The second kappa shape index (κ2) is 14.6. The lowest BCUT2D eigenvalue weighted by Gasteiger charge is -2.43. The Labute approximate surface area is 188 Å². The molecular formula is C21H34N4O7. The van der Waals surface area contributed by atoms with Gasteiger partial charge >= 0.3 is 0 Å². The summed E-state index contributed by atoms with van der Waals surface area (Å²) in [4.78, 5) is 47.0. The molecule has 2 rings (SSSR count). The van der Waals surface area contributed by atoms with Crippen LogP contribution in [-0.4, -0.2) is 110 Å². The van der Waals surface area contributed by atoms with Crippen LogP contribution in [0.25, 0.3) is 0 Å². The van der Waals surface area contributed by atoms with Gasteiger partial charge in [-0.05, 0) is 25.0 Å². The maximum absolute atomic E-state index is 13.0. The highest BCUT2D eigenvalue weighted by Crippen LogP contribution is 2.30. The van der Waals surface area contributed by atoms with E-state index in [0.717, 1.165) is 11.4 Å². The van der Waals surface area contributed by atoms with Gasteiger partial charge in [0.15, 0.2) is 0 Å². The van der Waals surface area contributed by atoms with Crippen molar-refractivity contribution in [2.45, 2.75) is 18.4 Å². The van der Waals surface area contributed by atoms with Gasteiger partial charge in [-0.3, -0.25) is 24.1 Å². The van der Waals surface area contributed by atoms with Crippen LogP contribution in [0.5, 0.6) is 5.75 Å². The van der Waals surface area contributed by atoms with Crippen molar-refractivity contribution in [2.24, 2.45) is 0 Å². The Balaban J connectivity index is 0.00000144. The highest BCUT2D eigenvalue weighted by Gasteiger charge is 2.42. The third-order valence-corrected chi connectivity index (χ3v) is 4.84. The molecule has 0 bridgehead atoms. The summed E-state index contributed by atoms with van der Waals surface area (Å²) in [5, 5.41) is 17.2. The topological polar surface area (TPSA) is 140 Å². The predicted molar refractivity (Wildman–Crippen MR) is 120 cm³/mol. The summed E-state index contributed by atoms with van der Waals surface area (Å²) < 4.78 is 5.28. The molecular weight excluding hydrogens is 420 g/mol. The molecule has 1 aromatic carbocycles. The molecule has 1 aromatic rings. The average Bonchev–Trinajstić information content (AvgIpc) is 2.75. The number of carbonyl (C=O) groups excluding carboxylic acids is 2. The summed E-state index contributed by atoms with van der Waals surface area (Å²) in [5.74, 6) is 0.882. The summed E-state index contributed by atoms with van der Waals surface area (Å²) in [5.41, 5.74) is 0.186. The van der Waals surface area contributed by atoms with E-state index in [4.69, 9.17) is 24.5 Å². The van der Waals surface area contributed by atoms with Crippen LogP contribution < -0.4 is 10.1 Å². The number of methoxy groups -OCH3 is 1. The van der Waals surface area contributed by atoms with E-state index in [1.165, 1.54) is 0 Å². The van der Waals surface area contributed by atoms with E-state index in [1.807, 2.05) is 24.3 Å². The van der Waals surface area contributed by atoms with Crippen LogP contribution in [0.2, 0.25) is 0 Å². The molecule has 0 atom stereocenters. The van der Waals surface area contributed by atoms with Gasteiger partial charge in [-0.25, -0.2) is 0 Å². The Bertz CT molecular complexity index is 727. The van der Waals surface area contributed by atoms with Crippen LogP contribution in [0.15, 0.2) is 24.3 Å². The van der Waals surface area contributed by atoms with Crippen LogP contribution in [0, 0.1) is 0 Å². The average molecular weight is 455 g/mol. The van der Waals surface area contributed by atoms with Crippen molar-refractivity contribution in [1.29, 1.82) is 0 Å². The number of nitrogens with one attached hydrogen (secondary N) is 1. The van der Waals surface area contributed by atoms with E-state index in [9.17, 15) is 9.59 Å². The fourth-order valence-electron chi connectivity index (χ4n) is 3.22. The lowest BCUT2D eigenvalue weighted by molar-refractivity contribution is -0.135. The van der Waals surface area contributed by atoms with Gasteiger partial charge in [-0.1, -0.05) is 6.07 Å². The first kappa shape index (κ1) is 28.7. The number of hydrogen-bond acceptors (Lipinski definition) is 7. The minimum Gasteiger partial charge on any atom is -0.497 e. The lowest BCUT2D eigenvalue weighted by Crippen LogP contribution is -2.58. The Hall–Kier alpha value is -3.34. The van der Waals surface area contributed by atoms with Gasteiger partial charge in [0, 0.05) is 53.0 Å². The maximum Gasteiger partial charge on any atom is 0.290 e. The van der Waals surface area contributed by atoms with E-state index >= 15 is 0 Å². The first-order valence-corrected chi connectivity index (χ1v) is 9.83. The van der Waals surface area contributed by atoms with E-state index in [0.29, 0.717) is 32.5 Å². The standard InChI is InChI=1S/C19H30N4O3.2CH2O2/c1-21(2)17(24)14-23-11-9-19(10-12-23,18(25)22(3)4)20-15-7-6-8-16(13-15)26-5;2*2-1-3/h6-8,13,20H,9-12,14H2,1-5H3;2*1H,(H,2,3). The summed E-state index contributed by atoms with van der Waals surface area (Å²) >= 11 is 0. The van der Waals surface area contributed by atoms with Crippen molar-refractivity contribution in [1.82, 2.24) is 14.7 Å². The number of amides is 2. The molecule has 32 heavy (non-hydrogen) atoms. The molecule has 1 fully saturated rings. The second-order valence-electron chi connectivity index (χ2n) is 7.41. The van der Waals surface area contributed by atoms with Crippen LogP contribution in [0.4, 0.5) is 5.69 Å². The fourth-order valence-corrected chi connectivity index (χ4v) is 3.22. The van der Waals surface area contributed by atoms with Crippen LogP contribution in [-0.2, 0) is 19.2 Å². The fraction of sp³-hybridized carbons (Fsp3) is 0.524. The lowest BCUT2D eigenvalue weighted by atomic mass is 9.85. The third-order valence-electron chi connectivity index (χ3n) is 4.84. The van der Waals surface area contributed by atoms with Crippen molar-refractivity contribution in [3.05, 3.63) is 24.3 Å². The van der Waals surface area contributed by atoms with Gasteiger partial charge in [0.05, 0.1) is 13.7 Å². The molecule has 11 nitrogen and oxygen atoms in total. The van der Waals surface area contributed by atoms with E-state index in [2.05, 4.69) is 10.2 Å². The zero-order chi connectivity index (χ0) is 24.7. The number of carbonyl (C=O) groups is 4. The zero-order valence-electron chi connectivity index (χ0n) is 19.3. The number of likely N-dealkylation sites (N-methyl/N-ethyl adjacent to an activating group) is 2. The van der Waals surface area contributed by atoms with Crippen LogP contribution >= 0.6 is 0 Å². The molecule has 2 amide bonds. The SMILES string of the molecule is COc1cccc(NC2(C(=O)N(C)C)CCN(CC(=O)N(C)C)CC2)c1.O=CO.O=CO. The summed E-state index contributed by atoms with van der Waals surface area (Å²) in [6.07, 6.45) is 1.28. The highest BCUT2D eigenvalue weighted by molar-refractivity contribution is 5.89. The molecule has 0 spiro atoms. The number of rotatable bonds is 6. The van der Waals surface area contributed by atoms with Crippen molar-refractivity contribution in [3.8, 4) is 5.75 Å². The predicted octanol–water partition coefficient (Wildman–Crippen LogP) is 0.520. The summed E-state index contributed by atoms with van der Waals surface area (Å²) in [6, 6.07) is 7.61. The molecule has 0 aliphatic carbocycles. The number of ether oxygens (including phenoxy) is 1. The number of likely N-dealkylation sites (tertiary alicyclic amines) is 1. The van der Waals surface area contributed by atoms with Gasteiger partial charge < -0.3 is 30.1 Å². The molecule has 0 radical (unpaired) electrons. The van der Waals surface area contributed by atoms with Gasteiger partial charge in [-0.2, -0.15) is 0 Å². The summed E-state index contributed by atoms with van der Waals surface area (Å²) in [7, 11) is 8.70. The molecule has 1 heterocycles. The largest absolute Gasteiger partial charge is 0.497 e. The molecule has 3 N–H and O–H groups in total. The Morgan fingerprint density at radius 1 is 1.09 bits per heavy atom. The van der Waals surface area contributed by atoms with Crippen molar-refractivity contribution >= 4 is 30.4 Å². The number of anilines is 1. The normalized spacial score (nSPS) is 14.3. The Morgan fingerprint density at radius 2 is 1.62 bits per heavy atom. The number of nitrogens with zero attached hydrogens (tertiary/aromatic N) is 3. The minimum absolute atomic E-state index is 0.0545. The number of benzene rings is 1. The Morgan fingerprint density at radius 3 is 2.06 bits per heavy atom. The smallest absolute Gasteiger partial charge is 0.290 e. The second-order valence-corrected chi connectivity index (χ2v) is 7.41. The van der Waals surface area contributed by atoms with Crippen molar-refractivity contribution in [2.75, 3.05) is 60.3 Å². The van der Waals surface area contributed by atoms with E-state index in [1.54, 1.807) is 45.1 Å². The monoisotopic (exact) mass is 454 g/mol. The molecule has 0 aromatic heterocycles. The molecule has 1 saturated heterocycles. The first-order valence-electron chi connectivity index (χ1n) is 9.83. The van der Waals surface area contributed by atoms with Gasteiger partial charge in [0.25, 0.3) is 12.9 Å². The molecule has 1 aliphatic rings. The molecule has 11 heteroatoms. The minimum atomic E-state index is -0.673. The van der Waals surface area contributed by atoms with Crippen molar-refractivity contribution in [3.63, 3.8) is 0 Å².